The first-order valence-corrected chi connectivity index (χ1v) is 10.2. The molecule has 150 valence electrons. The fourth-order valence-corrected chi connectivity index (χ4v) is 4.56. The van der Waals surface area contributed by atoms with E-state index < -0.39 is 0 Å². The molecule has 0 N–H and O–H groups in total. The van der Waals surface area contributed by atoms with Gasteiger partial charge >= 0.3 is 0 Å². The normalized spacial score (nSPS) is 22.0. The molecule has 2 aliphatic heterocycles. The molecule has 2 fully saturated rings. The van der Waals surface area contributed by atoms with Crippen LogP contribution in [0.1, 0.15) is 41.9 Å². The Morgan fingerprint density at radius 1 is 1.29 bits per heavy atom. The first kappa shape index (κ1) is 19.2. The Kier molecular flexibility index (Phi) is 5.51. The molecule has 0 bridgehead atoms. The number of hydrogen-bond acceptors (Lipinski definition) is 4. The Balaban J connectivity index is 1.35. The number of piperidine rings is 1. The molecule has 28 heavy (non-hydrogen) atoms. The molecule has 0 radical (unpaired) electrons. The number of ether oxygens (including phenoxy) is 1. The maximum absolute atomic E-state index is 12.7. The van der Waals surface area contributed by atoms with Crippen LogP contribution in [0.25, 0.3) is 0 Å². The van der Waals surface area contributed by atoms with Gasteiger partial charge in [0, 0.05) is 51.7 Å². The van der Waals surface area contributed by atoms with E-state index in [0.717, 1.165) is 51.9 Å². The topological polar surface area (TPSA) is 50.6 Å². The summed E-state index contributed by atoms with van der Waals surface area (Å²) in [7, 11) is 4.08. The highest BCUT2D eigenvalue weighted by atomic mass is 16.5. The van der Waals surface area contributed by atoms with Crippen molar-refractivity contribution in [3.8, 4) is 0 Å². The lowest BCUT2D eigenvalue weighted by Crippen LogP contribution is -2.54. The predicted octanol–water partition coefficient (Wildman–Crippen LogP) is 2.71. The van der Waals surface area contributed by atoms with E-state index in [1.54, 1.807) is 10.8 Å². The second-order valence-electron chi connectivity index (χ2n) is 8.23. The fourth-order valence-electron chi connectivity index (χ4n) is 4.56. The molecule has 1 aromatic carbocycles. The number of aromatic nitrogens is 2. The van der Waals surface area contributed by atoms with Crippen LogP contribution in [0.4, 0.5) is 0 Å². The third-order valence-corrected chi connectivity index (χ3v) is 6.34. The number of aryl methyl sites for hydroxylation is 1. The second-order valence-corrected chi connectivity index (χ2v) is 8.23. The van der Waals surface area contributed by atoms with Gasteiger partial charge in [0.25, 0.3) is 5.91 Å². The van der Waals surface area contributed by atoms with Crippen molar-refractivity contribution in [1.29, 1.82) is 0 Å². The van der Waals surface area contributed by atoms with Crippen LogP contribution in [-0.2, 0) is 18.3 Å². The number of nitrogens with zero attached hydrogens (tertiary/aromatic N) is 4. The Bertz CT molecular complexity index is 796. The summed E-state index contributed by atoms with van der Waals surface area (Å²) < 4.78 is 8.08. The van der Waals surface area contributed by atoms with Crippen molar-refractivity contribution in [3.05, 3.63) is 54.1 Å². The van der Waals surface area contributed by atoms with Gasteiger partial charge in [-0.15, -0.1) is 0 Å². The molecule has 6 heteroatoms. The van der Waals surface area contributed by atoms with Crippen molar-refractivity contribution >= 4 is 5.91 Å². The largest absolute Gasteiger partial charge is 0.375 e. The molecule has 1 aromatic heterocycles. The fraction of sp³-hybridized carbons (Fsp3) is 0.545. The lowest BCUT2D eigenvalue weighted by Gasteiger charge is -2.47. The Morgan fingerprint density at radius 2 is 2.04 bits per heavy atom. The molecule has 0 aliphatic carbocycles. The second kappa shape index (κ2) is 8.05. The molecule has 1 unspecified atom stereocenters. The predicted molar refractivity (Wildman–Crippen MR) is 108 cm³/mol. The summed E-state index contributed by atoms with van der Waals surface area (Å²) in [6, 6.07) is 11.2. The number of imidazole rings is 1. The SMILES string of the molecule is CN(Cc1ccccc1)C1CCOC2(CCN(C(=O)c3nccn3C)CC2)C1. The molecule has 2 aliphatic rings. The van der Waals surface area contributed by atoms with Crippen molar-refractivity contribution in [2.24, 2.45) is 7.05 Å². The molecular weight excluding hydrogens is 352 g/mol. The molecule has 3 heterocycles. The number of amides is 1. The van der Waals surface area contributed by atoms with Gasteiger partial charge in [0.1, 0.15) is 0 Å². The number of carbonyl (C=O) groups excluding carboxylic acids is 1. The minimum absolute atomic E-state index is 0.0240. The number of likely N-dealkylation sites (tertiary alicyclic amines) is 1. The van der Waals surface area contributed by atoms with Gasteiger partial charge in [-0.2, -0.15) is 0 Å². The van der Waals surface area contributed by atoms with E-state index in [1.165, 1.54) is 5.56 Å². The van der Waals surface area contributed by atoms with Crippen molar-refractivity contribution in [3.63, 3.8) is 0 Å². The molecular formula is C22H30N4O2. The van der Waals surface area contributed by atoms with E-state index in [9.17, 15) is 4.79 Å². The van der Waals surface area contributed by atoms with Gasteiger partial charge in [-0.1, -0.05) is 30.3 Å². The maximum atomic E-state index is 12.7. The average Bonchev–Trinajstić information content (AvgIpc) is 3.15. The van der Waals surface area contributed by atoms with E-state index in [4.69, 9.17) is 4.74 Å². The van der Waals surface area contributed by atoms with Crippen LogP contribution >= 0.6 is 0 Å². The number of carbonyl (C=O) groups is 1. The van der Waals surface area contributed by atoms with Crippen LogP contribution in [0.3, 0.4) is 0 Å². The van der Waals surface area contributed by atoms with Crippen LogP contribution in [0, 0.1) is 0 Å². The van der Waals surface area contributed by atoms with E-state index >= 15 is 0 Å². The highest BCUT2D eigenvalue weighted by Crippen LogP contribution is 2.37. The summed E-state index contributed by atoms with van der Waals surface area (Å²) >= 11 is 0. The van der Waals surface area contributed by atoms with Crippen molar-refractivity contribution in [2.75, 3.05) is 26.7 Å². The van der Waals surface area contributed by atoms with E-state index in [1.807, 2.05) is 18.1 Å². The summed E-state index contributed by atoms with van der Waals surface area (Å²) in [4.78, 5) is 21.3. The zero-order valence-corrected chi connectivity index (χ0v) is 16.9. The van der Waals surface area contributed by atoms with Gasteiger partial charge < -0.3 is 14.2 Å². The van der Waals surface area contributed by atoms with Crippen LogP contribution in [0.5, 0.6) is 0 Å². The number of hydrogen-bond donors (Lipinski definition) is 0. The summed E-state index contributed by atoms with van der Waals surface area (Å²) in [6.07, 6.45) is 7.41. The zero-order chi connectivity index (χ0) is 19.6. The molecule has 4 rings (SSSR count). The van der Waals surface area contributed by atoms with Crippen molar-refractivity contribution in [1.82, 2.24) is 19.4 Å². The Morgan fingerprint density at radius 3 is 2.71 bits per heavy atom. The molecule has 2 aromatic rings. The summed E-state index contributed by atoms with van der Waals surface area (Å²) in [5, 5.41) is 0. The summed E-state index contributed by atoms with van der Waals surface area (Å²) in [5.41, 5.74) is 1.26. The van der Waals surface area contributed by atoms with Crippen LogP contribution in [0.15, 0.2) is 42.7 Å². The lowest BCUT2D eigenvalue weighted by atomic mass is 9.81. The van der Waals surface area contributed by atoms with Gasteiger partial charge in [0.2, 0.25) is 0 Å². The molecule has 0 saturated carbocycles. The first-order valence-electron chi connectivity index (χ1n) is 10.2. The van der Waals surface area contributed by atoms with Gasteiger partial charge in [-0.25, -0.2) is 4.98 Å². The van der Waals surface area contributed by atoms with Crippen LogP contribution in [-0.4, -0.2) is 63.6 Å². The van der Waals surface area contributed by atoms with Crippen molar-refractivity contribution < 1.29 is 9.53 Å². The zero-order valence-electron chi connectivity index (χ0n) is 16.9. The minimum atomic E-state index is -0.0910. The van der Waals surface area contributed by atoms with E-state index in [0.29, 0.717) is 11.9 Å². The molecule has 2 saturated heterocycles. The first-order chi connectivity index (χ1) is 13.6. The van der Waals surface area contributed by atoms with Crippen LogP contribution in [0.2, 0.25) is 0 Å². The van der Waals surface area contributed by atoms with Gasteiger partial charge in [-0.05, 0) is 38.3 Å². The Hall–Kier alpha value is -2.18. The standard InChI is InChI=1S/C22H30N4O2/c1-24-14-11-23-20(24)21(27)26-12-9-22(10-13-26)16-19(8-15-28-22)25(2)17-18-6-4-3-5-7-18/h3-7,11,14,19H,8-10,12-13,15-17H2,1-2H3. The smallest absolute Gasteiger partial charge is 0.289 e. The highest BCUT2D eigenvalue weighted by molar-refractivity contribution is 5.90. The molecule has 1 spiro atoms. The summed E-state index contributed by atoms with van der Waals surface area (Å²) in [6.45, 7) is 3.24. The van der Waals surface area contributed by atoms with Gasteiger partial charge in [-0.3, -0.25) is 9.69 Å². The molecule has 1 amide bonds. The Labute approximate surface area is 167 Å². The minimum Gasteiger partial charge on any atom is -0.375 e. The van der Waals surface area contributed by atoms with E-state index in [-0.39, 0.29) is 11.5 Å². The van der Waals surface area contributed by atoms with Gasteiger partial charge in [0.15, 0.2) is 5.82 Å². The monoisotopic (exact) mass is 382 g/mol. The lowest BCUT2D eigenvalue weighted by molar-refractivity contribution is -0.128. The van der Waals surface area contributed by atoms with Crippen LogP contribution < -0.4 is 0 Å². The number of rotatable bonds is 4. The molecule has 6 nitrogen and oxygen atoms in total. The average molecular weight is 383 g/mol. The molecule has 1 atom stereocenters. The third-order valence-electron chi connectivity index (χ3n) is 6.34. The third kappa shape index (κ3) is 3.98. The number of benzene rings is 1. The summed E-state index contributed by atoms with van der Waals surface area (Å²) in [5.74, 6) is 0.539. The quantitative estimate of drug-likeness (QED) is 0.816. The highest BCUT2D eigenvalue weighted by Gasteiger charge is 2.42. The van der Waals surface area contributed by atoms with Crippen molar-refractivity contribution in [2.45, 2.75) is 43.9 Å². The van der Waals surface area contributed by atoms with Gasteiger partial charge in [0.05, 0.1) is 5.60 Å². The maximum Gasteiger partial charge on any atom is 0.289 e. The van der Waals surface area contributed by atoms with E-state index in [2.05, 4.69) is 47.3 Å².